The van der Waals surface area contributed by atoms with Gasteiger partial charge >= 0.3 is 15.5 Å². The van der Waals surface area contributed by atoms with Crippen molar-refractivity contribution in [1.29, 1.82) is 0 Å². The number of sulfonamides is 1. The normalized spacial score (nSPS) is 11.5. The lowest BCUT2D eigenvalue weighted by Crippen LogP contribution is -2.40. The van der Waals surface area contributed by atoms with Crippen molar-refractivity contribution in [2.45, 2.75) is 18.3 Å². The summed E-state index contributed by atoms with van der Waals surface area (Å²) in [6.07, 6.45) is 2.26. The van der Waals surface area contributed by atoms with Crippen LogP contribution in [-0.2, 0) is 22.9 Å². The van der Waals surface area contributed by atoms with E-state index in [-0.39, 0.29) is 0 Å². The highest BCUT2D eigenvalue weighted by molar-refractivity contribution is 7.90. The van der Waals surface area contributed by atoms with Gasteiger partial charge in [-0.1, -0.05) is 60.7 Å². The molecular weight excluding hydrogens is 329 g/mol. The molecule has 126 valence electrons. The summed E-state index contributed by atoms with van der Waals surface area (Å²) in [6, 6.07) is 21.2. The largest absolute Gasteiger partial charge is 0.512 e. The van der Waals surface area contributed by atoms with Crippen LogP contribution in [0.4, 0.5) is 13.2 Å². The van der Waals surface area contributed by atoms with Crippen LogP contribution in [0.2, 0.25) is 0 Å². The Bertz CT molecular complexity index is 635. The maximum Gasteiger partial charge on any atom is 0.512 e. The summed E-state index contributed by atoms with van der Waals surface area (Å²) in [6.45, 7) is 0. The van der Waals surface area contributed by atoms with Gasteiger partial charge in [0.1, 0.15) is 0 Å². The molecule has 4 nitrogen and oxygen atoms in total. The molecule has 0 saturated heterocycles. The summed E-state index contributed by atoms with van der Waals surface area (Å²) in [7, 11) is -5.31. The first-order valence-corrected chi connectivity index (χ1v) is 8.11. The summed E-state index contributed by atoms with van der Waals surface area (Å²) in [5.41, 5.74) is -2.49. The third-order valence-electron chi connectivity index (χ3n) is 2.85. The monoisotopic (exact) mass is 346 g/mol. The first-order valence-electron chi connectivity index (χ1n) is 6.63. The number of nitrogens with one attached hydrogen (secondary N) is 1. The highest BCUT2D eigenvalue weighted by Crippen LogP contribution is 2.20. The Balaban J connectivity index is 0.000000257. The van der Waals surface area contributed by atoms with Gasteiger partial charge in [-0.25, -0.2) is 8.42 Å². The fraction of sp³-hybridized carbons (Fsp3) is 0.200. The van der Waals surface area contributed by atoms with Gasteiger partial charge in [0.2, 0.25) is 0 Å². The zero-order valence-corrected chi connectivity index (χ0v) is 12.9. The van der Waals surface area contributed by atoms with Crippen molar-refractivity contribution in [2.24, 2.45) is 5.84 Å². The molecule has 0 unspecified atom stereocenters. The van der Waals surface area contributed by atoms with Gasteiger partial charge in [-0.05, 0) is 24.0 Å². The third-order valence-corrected chi connectivity index (χ3v) is 3.77. The Hall–Kier alpha value is -1.90. The van der Waals surface area contributed by atoms with Crippen molar-refractivity contribution in [1.82, 2.24) is 4.83 Å². The second-order valence-electron chi connectivity index (χ2n) is 4.54. The third kappa shape index (κ3) is 6.81. The quantitative estimate of drug-likeness (QED) is 0.660. The molecule has 0 aliphatic carbocycles. The number of halogens is 3. The van der Waals surface area contributed by atoms with E-state index in [1.807, 2.05) is 0 Å². The Labute approximate surface area is 133 Å². The van der Waals surface area contributed by atoms with E-state index in [1.54, 1.807) is 0 Å². The summed E-state index contributed by atoms with van der Waals surface area (Å²) in [5.74, 6) is 4.03. The molecule has 0 saturated carbocycles. The molecule has 0 aliphatic rings. The molecule has 2 aromatic rings. The summed E-state index contributed by atoms with van der Waals surface area (Å²) >= 11 is 0. The minimum absolute atomic E-state index is 0.628. The Kier molecular flexibility index (Phi) is 7.21. The molecule has 0 bridgehead atoms. The molecule has 0 amide bonds. The van der Waals surface area contributed by atoms with Crippen molar-refractivity contribution in [3.05, 3.63) is 71.8 Å². The molecule has 23 heavy (non-hydrogen) atoms. The fourth-order valence-corrected chi connectivity index (χ4v) is 1.78. The van der Waals surface area contributed by atoms with Gasteiger partial charge in [0.15, 0.2) is 0 Å². The molecular formula is C15H17F3N2O2S. The van der Waals surface area contributed by atoms with Crippen LogP contribution in [0.5, 0.6) is 0 Å². The van der Waals surface area contributed by atoms with E-state index in [4.69, 9.17) is 0 Å². The Morgan fingerprint density at radius 3 is 1.39 bits per heavy atom. The minimum Gasteiger partial charge on any atom is -0.257 e. The van der Waals surface area contributed by atoms with Crippen LogP contribution in [0, 0.1) is 0 Å². The summed E-state index contributed by atoms with van der Waals surface area (Å²) in [5, 5.41) is 0. The molecule has 0 atom stereocenters. The van der Waals surface area contributed by atoms with Crippen molar-refractivity contribution in [2.75, 3.05) is 0 Å². The van der Waals surface area contributed by atoms with Crippen LogP contribution >= 0.6 is 0 Å². The van der Waals surface area contributed by atoms with Crippen LogP contribution in [-0.4, -0.2) is 13.9 Å². The highest BCUT2D eigenvalue weighted by Gasteiger charge is 2.45. The van der Waals surface area contributed by atoms with Gasteiger partial charge in [-0.15, -0.1) is 4.83 Å². The fourth-order valence-electron chi connectivity index (χ4n) is 1.64. The van der Waals surface area contributed by atoms with Gasteiger partial charge in [0, 0.05) is 0 Å². The van der Waals surface area contributed by atoms with Gasteiger partial charge in [0.25, 0.3) is 0 Å². The molecule has 0 radical (unpaired) electrons. The smallest absolute Gasteiger partial charge is 0.257 e. The zero-order chi connectivity index (χ0) is 17.3. The summed E-state index contributed by atoms with van der Waals surface area (Å²) < 4.78 is 52.6. The standard InChI is InChI=1S/C14H14.CH3F3N2O2S/c1-3-7-13(8-4-1)11-12-14-9-5-2-6-10-14;2-1(3,4)9(7,8)6-5/h1-10H,11-12H2;6H,5H2. The second-order valence-corrected chi connectivity index (χ2v) is 6.24. The van der Waals surface area contributed by atoms with E-state index < -0.39 is 15.5 Å². The SMILES string of the molecule is NNS(=O)(=O)C(F)(F)F.c1ccc(CCc2ccccc2)cc1. The molecule has 0 aromatic heterocycles. The van der Waals surface area contributed by atoms with Crippen LogP contribution in [0.3, 0.4) is 0 Å². The molecule has 0 heterocycles. The number of rotatable bonds is 4. The van der Waals surface area contributed by atoms with Crippen molar-refractivity contribution in [3.63, 3.8) is 0 Å². The lowest BCUT2D eigenvalue weighted by molar-refractivity contribution is -0.0447. The van der Waals surface area contributed by atoms with E-state index in [0.29, 0.717) is 4.83 Å². The summed E-state index contributed by atoms with van der Waals surface area (Å²) in [4.78, 5) is 0.628. The topological polar surface area (TPSA) is 72.2 Å². The van der Waals surface area contributed by atoms with Crippen LogP contribution in [0.25, 0.3) is 0 Å². The predicted octanol–water partition coefficient (Wildman–Crippen LogP) is 2.77. The number of hydrogen-bond donors (Lipinski definition) is 2. The van der Waals surface area contributed by atoms with Crippen molar-refractivity contribution >= 4 is 10.0 Å². The van der Waals surface area contributed by atoms with E-state index in [9.17, 15) is 21.6 Å². The maximum atomic E-state index is 11.1. The number of hydrazine groups is 1. The van der Waals surface area contributed by atoms with Gasteiger partial charge in [-0.2, -0.15) is 13.2 Å². The first-order chi connectivity index (χ1) is 10.8. The lowest BCUT2D eigenvalue weighted by Gasteiger charge is -2.03. The van der Waals surface area contributed by atoms with E-state index >= 15 is 0 Å². The van der Waals surface area contributed by atoms with Gasteiger partial charge < -0.3 is 0 Å². The highest BCUT2D eigenvalue weighted by atomic mass is 32.2. The molecule has 0 spiro atoms. The van der Waals surface area contributed by atoms with E-state index in [2.05, 4.69) is 66.5 Å². The maximum absolute atomic E-state index is 11.1. The average molecular weight is 346 g/mol. The first kappa shape index (κ1) is 19.1. The number of benzene rings is 2. The van der Waals surface area contributed by atoms with Crippen LogP contribution in [0.15, 0.2) is 60.7 Å². The number of aryl methyl sites for hydroxylation is 2. The van der Waals surface area contributed by atoms with Crippen LogP contribution in [0.1, 0.15) is 11.1 Å². The minimum atomic E-state index is -5.32. The number of nitrogens with two attached hydrogens (primary N) is 1. The lowest BCUT2D eigenvalue weighted by atomic mass is 10.0. The van der Waals surface area contributed by atoms with Gasteiger partial charge in [-0.3, -0.25) is 5.84 Å². The number of hydrogen-bond acceptors (Lipinski definition) is 3. The van der Waals surface area contributed by atoms with E-state index in [1.165, 1.54) is 11.1 Å². The molecule has 2 rings (SSSR count). The van der Waals surface area contributed by atoms with Gasteiger partial charge in [0.05, 0.1) is 0 Å². The predicted molar refractivity (Wildman–Crippen MR) is 82.6 cm³/mol. The molecule has 8 heteroatoms. The number of alkyl halides is 3. The van der Waals surface area contributed by atoms with E-state index in [0.717, 1.165) is 12.8 Å². The molecule has 0 fully saturated rings. The molecule has 2 aromatic carbocycles. The Morgan fingerprint density at radius 1 is 0.826 bits per heavy atom. The van der Waals surface area contributed by atoms with Crippen molar-refractivity contribution < 1.29 is 21.6 Å². The van der Waals surface area contributed by atoms with Crippen molar-refractivity contribution in [3.8, 4) is 0 Å². The average Bonchev–Trinajstić information content (AvgIpc) is 2.54. The second kappa shape index (κ2) is 8.66. The van der Waals surface area contributed by atoms with Crippen LogP contribution < -0.4 is 10.7 Å². The molecule has 0 aliphatic heterocycles. The zero-order valence-electron chi connectivity index (χ0n) is 12.1. The molecule has 3 N–H and O–H groups in total. The Morgan fingerprint density at radius 2 is 1.17 bits per heavy atom.